The molecule has 0 saturated carbocycles. The highest BCUT2D eigenvalue weighted by atomic mass is 19.3. The topological polar surface area (TPSA) is 30.7 Å². The minimum absolute atomic E-state index is 0.0439. The van der Waals surface area contributed by atoms with Crippen molar-refractivity contribution >= 4 is 0 Å². The molecule has 1 aromatic rings. The SMILES string of the molecule is CCn1nnc2c1C(F)(F)CCC(C(C)(C)C)CC2. The van der Waals surface area contributed by atoms with Crippen molar-refractivity contribution < 1.29 is 8.78 Å². The molecule has 1 aliphatic rings. The summed E-state index contributed by atoms with van der Waals surface area (Å²) >= 11 is 0. The van der Waals surface area contributed by atoms with Gasteiger partial charge in [-0.05, 0) is 37.5 Å². The van der Waals surface area contributed by atoms with Crippen molar-refractivity contribution in [2.75, 3.05) is 0 Å². The zero-order valence-electron chi connectivity index (χ0n) is 12.2. The summed E-state index contributed by atoms with van der Waals surface area (Å²) in [5, 5.41) is 7.84. The second kappa shape index (κ2) is 4.84. The van der Waals surface area contributed by atoms with Crippen LogP contribution in [0.3, 0.4) is 0 Å². The predicted molar refractivity (Wildman–Crippen MR) is 70.1 cm³/mol. The van der Waals surface area contributed by atoms with E-state index in [0.29, 0.717) is 31.0 Å². The molecule has 0 spiro atoms. The standard InChI is InChI=1S/C14H23F2N3/c1-5-19-12-11(17-18-19)7-6-10(13(2,3)4)8-9-14(12,15)16/h10H,5-9H2,1-4H3. The van der Waals surface area contributed by atoms with Crippen LogP contribution in [0.25, 0.3) is 0 Å². The van der Waals surface area contributed by atoms with Gasteiger partial charge in [0.25, 0.3) is 5.92 Å². The molecule has 0 bridgehead atoms. The highest BCUT2D eigenvalue weighted by Crippen LogP contribution is 2.43. The van der Waals surface area contributed by atoms with E-state index in [9.17, 15) is 8.78 Å². The molecule has 1 aromatic heterocycles. The van der Waals surface area contributed by atoms with Gasteiger partial charge in [-0.15, -0.1) is 5.10 Å². The summed E-state index contributed by atoms with van der Waals surface area (Å²) in [6.07, 6.45) is 1.97. The molecule has 1 unspecified atom stereocenters. The van der Waals surface area contributed by atoms with Crippen LogP contribution < -0.4 is 0 Å². The Morgan fingerprint density at radius 3 is 2.58 bits per heavy atom. The van der Waals surface area contributed by atoms with Crippen molar-refractivity contribution in [2.24, 2.45) is 11.3 Å². The van der Waals surface area contributed by atoms with E-state index in [2.05, 4.69) is 31.1 Å². The fourth-order valence-corrected chi connectivity index (χ4v) is 2.93. The average molecular weight is 271 g/mol. The molecular formula is C14H23F2N3. The number of fused-ring (bicyclic) bond motifs is 1. The van der Waals surface area contributed by atoms with Gasteiger partial charge in [-0.3, -0.25) is 0 Å². The van der Waals surface area contributed by atoms with Crippen molar-refractivity contribution in [1.82, 2.24) is 15.0 Å². The van der Waals surface area contributed by atoms with E-state index in [1.54, 1.807) is 0 Å². The Morgan fingerprint density at radius 2 is 2.00 bits per heavy atom. The van der Waals surface area contributed by atoms with Gasteiger partial charge in [0.15, 0.2) is 0 Å². The maximum Gasteiger partial charge on any atom is 0.291 e. The van der Waals surface area contributed by atoms with Gasteiger partial charge >= 0.3 is 0 Å². The number of halogens is 2. The molecule has 0 aliphatic heterocycles. The first-order valence-corrected chi connectivity index (χ1v) is 7.06. The maximum absolute atomic E-state index is 14.4. The van der Waals surface area contributed by atoms with Crippen LogP contribution in [0, 0.1) is 11.3 Å². The number of aromatic nitrogens is 3. The second-order valence-corrected chi connectivity index (χ2v) is 6.55. The summed E-state index contributed by atoms with van der Waals surface area (Å²) in [6, 6.07) is 0. The van der Waals surface area contributed by atoms with E-state index < -0.39 is 5.92 Å². The molecule has 1 heterocycles. The number of aryl methyl sites for hydroxylation is 2. The lowest BCUT2D eigenvalue weighted by Gasteiger charge is -2.33. The van der Waals surface area contributed by atoms with Gasteiger partial charge in [0.1, 0.15) is 5.69 Å². The third-order valence-corrected chi connectivity index (χ3v) is 4.21. The summed E-state index contributed by atoms with van der Waals surface area (Å²) < 4.78 is 30.1. The summed E-state index contributed by atoms with van der Waals surface area (Å²) in [5.74, 6) is -2.50. The van der Waals surface area contributed by atoms with Crippen LogP contribution in [0.15, 0.2) is 0 Å². The third kappa shape index (κ3) is 2.79. The minimum atomic E-state index is -2.81. The summed E-state index contributed by atoms with van der Waals surface area (Å²) in [7, 11) is 0. The Balaban J connectivity index is 2.34. The molecule has 108 valence electrons. The summed E-state index contributed by atoms with van der Waals surface area (Å²) in [4.78, 5) is 0. The minimum Gasteiger partial charge on any atom is -0.243 e. The van der Waals surface area contributed by atoms with Crippen LogP contribution in [0.4, 0.5) is 8.78 Å². The lowest BCUT2D eigenvalue weighted by atomic mass is 9.73. The Hall–Kier alpha value is -1.00. The van der Waals surface area contributed by atoms with Crippen LogP contribution in [0.2, 0.25) is 0 Å². The van der Waals surface area contributed by atoms with Gasteiger partial charge in [-0.2, -0.15) is 8.78 Å². The van der Waals surface area contributed by atoms with Gasteiger partial charge in [-0.25, -0.2) is 4.68 Å². The zero-order valence-corrected chi connectivity index (χ0v) is 12.2. The Kier molecular flexibility index (Phi) is 3.67. The van der Waals surface area contributed by atoms with Gasteiger partial charge in [0.05, 0.1) is 5.69 Å². The highest BCUT2D eigenvalue weighted by Gasteiger charge is 2.42. The van der Waals surface area contributed by atoms with Gasteiger partial charge in [0, 0.05) is 13.0 Å². The van der Waals surface area contributed by atoms with Gasteiger partial charge < -0.3 is 0 Å². The Labute approximate surface area is 113 Å². The number of hydrogen-bond donors (Lipinski definition) is 0. The Morgan fingerprint density at radius 1 is 1.32 bits per heavy atom. The highest BCUT2D eigenvalue weighted by molar-refractivity contribution is 5.18. The molecule has 3 nitrogen and oxygen atoms in total. The summed E-state index contributed by atoms with van der Waals surface area (Å²) in [6.45, 7) is 8.64. The van der Waals surface area contributed by atoms with Crippen molar-refractivity contribution in [3.63, 3.8) is 0 Å². The van der Waals surface area contributed by atoms with E-state index in [4.69, 9.17) is 0 Å². The largest absolute Gasteiger partial charge is 0.291 e. The van der Waals surface area contributed by atoms with E-state index in [-0.39, 0.29) is 17.5 Å². The van der Waals surface area contributed by atoms with Crippen LogP contribution in [0.1, 0.15) is 58.3 Å². The van der Waals surface area contributed by atoms with Gasteiger partial charge in [-0.1, -0.05) is 26.0 Å². The van der Waals surface area contributed by atoms with Crippen LogP contribution in [0.5, 0.6) is 0 Å². The molecule has 1 atom stereocenters. The van der Waals surface area contributed by atoms with E-state index in [0.717, 1.165) is 6.42 Å². The molecule has 0 N–H and O–H groups in total. The average Bonchev–Trinajstić information content (AvgIpc) is 2.68. The molecular weight excluding hydrogens is 248 g/mol. The Bertz CT molecular complexity index is 446. The first-order valence-electron chi connectivity index (χ1n) is 7.06. The molecule has 0 radical (unpaired) electrons. The van der Waals surface area contributed by atoms with E-state index in [1.807, 2.05) is 6.92 Å². The molecule has 0 aromatic carbocycles. The monoisotopic (exact) mass is 271 g/mol. The lowest BCUT2D eigenvalue weighted by Crippen LogP contribution is -2.29. The maximum atomic E-state index is 14.4. The zero-order chi connectivity index (χ0) is 14.3. The fourth-order valence-electron chi connectivity index (χ4n) is 2.93. The first kappa shape index (κ1) is 14.4. The number of hydrogen-bond acceptors (Lipinski definition) is 2. The van der Waals surface area contributed by atoms with Crippen LogP contribution >= 0.6 is 0 Å². The molecule has 2 rings (SSSR count). The molecule has 0 fully saturated rings. The van der Waals surface area contributed by atoms with Crippen molar-refractivity contribution in [3.05, 3.63) is 11.4 Å². The third-order valence-electron chi connectivity index (χ3n) is 4.21. The molecule has 0 amide bonds. The smallest absolute Gasteiger partial charge is 0.243 e. The second-order valence-electron chi connectivity index (χ2n) is 6.55. The van der Waals surface area contributed by atoms with Crippen molar-refractivity contribution in [3.8, 4) is 0 Å². The van der Waals surface area contributed by atoms with E-state index >= 15 is 0 Å². The fraction of sp³-hybridized carbons (Fsp3) is 0.857. The predicted octanol–water partition coefficient (Wildman–Crippen LogP) is 3.78. The summed E-state index contributed by atoms with van der Waals surface area (Å²) in [5.41, 5.74) is 0.595. The molecule has 1 aliphatic carbocycles. The lowest BCUT2D eigenvalue weighted by molar-refractivity contribution is -0.0359. The van der Waals surface area contributed by atoms with Crippen LogP contribution in [-0.2, 0) is 18.9 Å². The molecule has 5 heteroatoms. The number of alkyl halides is 2. The quantitative estimate of drug-likeness (QED) is 0.778. The van der Waals surface area contributed by atoms with E-state index in [1.165, 1.54) is 4.68 Å². The van der Waals surface area contributed by atoms with Crippen molar-refractivity contribution in [2.45, 2.75) is 65.8 Å². The molecule has 0 saturated heterocycles. The van der Waals surface area contributed by atoms with Gasteiger partial charge in [0.2, 0.25) is 0 Å². The molecule has 19 heavy (non-hydrogen) atoms. The normalized spacial score (nSPS) is 23.6. The number of nitrogens with zero attached hydrogens (tertiary/aromatic N) is 3. The first-order chi connectivity index (χ1) is 8.75. The van der Waals surface area contributed by atoms with Crippen molar-refractivity contribution in [1.29, 1.82) is 0 Å². The van der Waals surface area contributed by atoms with Crippen LogP contribution in [-0.4, -0.2) is 15.0 Å². The number of rotatable bonds is 1.